The maximum absolute atomic E-state index is 9.47. The van der Waals surface area contributed by atoms with Crippen LogP contribution in [0.2, 0.25) is 0 Å². The molecule has 2 N–H and O–H groups in total. The van der Waals surface area contributed by atoms with Gasteiger partial charge >= 0.3 is 0 Å². The van der Waals surface area contributed by atoms with Crippen molar-refractivity contribution in [2.75, 3.05) is 5.32 Å². The Labute approximate surface area is 124 Å². The average Bonchev–Trinajstić information content (AvgIpc) is 2.71. The van der Waals surface area contributed by atoms with Crippen LogP contribution in [0.5, 0.6) is 5.75 Å². The van der Waals surface area contributed by atoms with Crippen LogP contribution in [0.3, 0.4) is 0 Å². The predicted molar refractivity (Wildman–Crippen MR) is 87.8 cm³/mol. The summed E-state index contributed by atoms with van der Waals surface area (Å²) in [5.74, 6) is 0.304. The first-order valence-electron chi connectivity index (χ1n) is 7.14. The first-order chi connectivity index (χ1) is 10.1. The molecule has 0 saturated heterocycles. The van der Waals surface area contributed by atoms with E-state index in [0.29, 0.717) is 5.75 Å². The van der Waals surface area contributed by atoms with Gasteiger partial charge in [0.15, 0.2) is 0 Å². The van der Waals surface area contributed by atoms with Gasteiger partial charge in [-0.3, -0.25) is 0 Å². The van der Waals surface area contributed by atoms with Crippen molar-refractivity contribution in [3.8, 4) is 5.75 Å². The van der Waals surface area contributed by atoms with Gasteiger partial charge in [0.2, 0.25) is 0 Å². The van der Waals surface area contributed by atoms with Gasteiger partial charge in [-0.2, -0.15) is 0 Å². The van der Waals surface area contributed by atoms with E-state index >= 15 is 0 Å². The maximum Gasteiger partial charge on any atom is 0.115 e. The Morgan fingerprint density at radius 2 is 1.86 bits per heavy atom. The SMILES string of the molecule is Cc1cc(O)ccc1NCc1c(C)c2ccccc2n1C. The number of nitrogens with one attached hydrogen (secondary N) is 1. The van der Waals surface area contributed by atoms with Gasteiger partial charge in [-0.05, 0) is 49.2 Å². The highest BCUT2D eigenvalue weighted by molar-refractivity contribution is 5.85. The fraction of sp³-hybridized carbons (Fsp3) is 0.222. The van der Waals surface area contributed by atoms with Crippen LogP contribution in [0.1, 0.15) is 16.8 Å². The molecule has 0 spiro atoms. The summed E-state index contributed by atoms with van der Waals surface area (Å²) in [7, 11) is 2.11. The van der Waals surface area contributed by atoms with E-state index in [1.54, 1.807) is 12.1 Å². The molecule has 2 aromatic carbocycles. The van der Waals surface area contributed by atoms with Gasteiger partial charge < -0.3 is 15.0 Å². The summed E-state index contributed by atoms with van der Waals surface area (Å²) >= 11 is 0. The third-order valence-electron chi connectivity index (χ3n) is 4.16. The molecular weight excluding hydrogens is 260 g/mol. The van der Waals surface area contributed by atoms with Crippen LogP contribution < -0.4 is 5.32 Å². The monoisotopic (exact) mass is 280 g/mol. The molecule has 21 heavy (non-hydrogen) atoms. The molecule has 3 aromatic rings. The topological polar surface area (TPSA) is 37.2 Å². The first-order valence-corrected chi connectivity index (χ1v) is 7.14. The highest BCUT2D eigenvalue weighted by Gasteiger charge is 2.11. The number of para-hydroxylation sites is 1. The number of anilines is 1. The highest BCUT2D eigenvalue weighted by Crippen LogP contribution is 2.26. The minimum Gasteiger partial charge on any atom is -0.508 e. The van der Waals surface area contributed by atoms with Crippen LogP contribution in [-0.4, -0.2) is 9.67 Å². The maximum atomic E-state index is 9.47. The molecule has 0 unspecified atom stereocenters. The molecule has 0 fully saturated rings. The predicted octanol–water partition coefficient (Wildman–Crippen LogP) is 4.11. The number of rotatable bonds is 3. The van der Waals surface area contributed by atoms with Gasteiger partial charge in [0.25, 0.3) is 0 Å². The number of phenolic OH excluding ortho intramolecular Hbond substituents is 1. The highest BCUT2D eigenvalue weighted by atomic mass is 16.3. The molecule has 0 amide bonds. The van der Waals surface area contributed by atoms with E-state index in [0.717, 1.165) is 17.8 Å². The van der Waals surface area contributed by atoms with Crippen LogP contribution in [0.15, 0.2) is 42.5 Å². The lowest BCUT2D eigenvalue weighted by Gasteiger charge is -2.12. The Hall–Kier alpha value is -2.42. The molecular formula is C18H20N2O. The number of hydrogen-bond acceptors (Lipinski definition) is 2. The summed E-state index contributed by atoms with van der Waals surface area (Å²) in [6.07, 6.45) is 0. The summed E-state index contributed by atoms with van der Waals surface area (Å²) in [6, 6.07) is 13.9. The van der Waals surface area contributed by atoms with Crippen LogP contribution in [0.25, 0.3) is 10.9 Å². The van der Waals surface area contributed by atoms with E-state index in [2.05, 4.69) is 48.1 Å². The fourth-order valence-electron chi connectivity index (χ4n) is 2.91. The van der Waals surface area contributed by atoms with Crippen molar-refractivity contribution < 1.29 is 5.11 Å². The van der Waals surface area contributed by atoms with E-state index < -0.39 is 0 Å². The van der Waals surface area contributed by atoms with Crippen molar-refractivity contribution in [3.63, 3.8) is 0 Å². The normalized spacial score (nSPS) is 11.0. The fourth-order valence-corrected chi connectivity index (χ4v) is 2.91. The minimum atomic E-state index is 0.304. The second-order valence-electron chi connectivity index (χ2n) is 5.50. The number of aromatic hydroxyl groups is 1. The number of aromatic nitrogens is 1. The van der Waals surface area contributed by atoms with Crippen LogP contribution in [0, 0.1) is 13.8 Å². The quantitative estimate of drug-likeness (QED) is 0.708. The van der Waals surface area contributed by atoms with Crippen molar-refractivity contribution in [2.24, 2.45) is 7.05 Å². The van der Waals surface area contributed by atoms with E-state index in [1.165, 1.54) is 22.2 Å². The second-order valence-corrected chi connectivity index (χ2v) is 5.50. The molecule has 0 saturated carbocycles. The van der Waals surface area contributed by atoms with Crippen molar-refractivity contribution >= 4 is 16.6 Å². The largest absolute Gasteiger partial charge is 0.508 e. The number of benzene rings is 2. The molecule has 3 nitrogen and oxygen atoms in total. The van der Waals surface area contributed by atoms with Gasteiger partial charge in [0.1, 0.15) is 5.75 Å². The molecule has 0 atom stereocenters. The zero-order valence-electron chi connectivity index (χ0n) is 12.6. The zero-order valence-corrected chi connectivity index (χ0v) is 12.6. The molecule has 108 valence electrons. The Morgan fingerprint density at radius 1 is 1.10 bits per heavy atom. The second kappa shape index (κ2) is 5.17. The number of fused-ring (bicyclic) bond motifs is 1. The number of nitrogens with zero attached hydrogens (tertiary/aromatic N) is 1. The van der Waals surface area contributed by atoms with Crippen molar-refractivity contribution in [1.82, 2.24) is 4.57 Å². The lowest BCUT2D eigenvalue weighted by Crippen LogP contribution is -2.06. The molecule has 0 aliphatic carbocycles. The molecule has 1 heterocycles. The zero-order chi connectivity index (χ0) is 15.0. The molecule has 3 rings (SSSR count). The van der Waals surface area contributed by atoms with Gasteiger partial charge in [0, 0.05) is 29.3 Å². The number of phenols is 1. The Kier molecular flexibility index (Phi) is 3.34. The van der Waals surface area contributed by atoms with Crippen molar-refractivity contribution in [2.45, 2.75) is 20.4 Å². The van der Waals surface area contributed by atoms with Crippen LogP contribution >= 0.6 is 0 Å². The van der Waals surface area contributed by atoms with E-state index in [9.17, 15) is 5.11 Å². The molecule has 0 radical (unpaired) electrons. The number of hydrogen-bond donors (Lipinski definition) is 2. The molecule has 1 aromatic heterocycles. The Bertz CT molecular complexity index is 763. The van der Waals surface area contributed by atoms with Gasteiger partial charge in [0.05, 0.1) is 6.54 Å². The Balaban J connectivity index is 1.92. The Morgan fingerprint density at radius 3 is 2.57 bits per heavy atom. The van der Waals surface area contributed by atoms with Gasteiger partial charge in [-0.1, -0.05) is 18.2 Å². The van der Waals surface area contributed by atoms with E-state index in [1.807, 2.05) is 13.0 Å². The van der Waals surface area contributed by atoms with Crippen molar-refractivity contribution in [1.29, 1.82) is 0 Å². The van der Waals surface area contributed by atoms with Gasteiger partial charge in [-0.15, -0.1) is 0 Å². The molecule has 3 heteroatoms. The van der Waals surface area contributed by atoms with Crippen LogP contribution in [0.4, 0.5) is 5.69 Å². The van der Waals surface area contributed by atoms with Crippen molar-refractivity contribution in [3.05, 3.63) is 59.3 Å². The average molecular weight is 280 g/mol. The minimum absolute atomic E-state index is 0.304. The molecule has 0 bridgehead atoms. The summed E-state index contributed by atoms with van der Waals surface area (Å²) in [5, 5.41) is 14.2. The summed E-state index contributed by atoms with van der Waals surface area (Å²) in [5.41, 5.74) is 5.96. The summed E-state index contributed by atoms with van der Waals surface area (Å²) < 4.78 is 2.24. The summed E-state index contributed by atoms with van der Waals surface area (Å²) in [4.78, 5) is 0. The smallest absolute Gasteiger partial charge is 0.115 e. The third-order valence-corrected chi connectivity index (χ3v) is 4.16. The summed E-state index contributed by atoms with van der Waals surface area (Å²) in [6.45, 7) is 4.93. The molecule has 0 aliphatic rings. The third kappa shape index (κ3) is 2.35. The van der Waals surface area contributed by atoms with E-state index in [-0.39, 0.29) is 0 Å². The number of aryl methyl sites for hydroxylation is 3. The lowest BCUT2D eigenvalue weighted by molar-refractivity contribution is 0.475. The molecule has 0 aliphatic heterocycles. The van der Waals surface area contributed by atoms with Gasteiger partial charge in [-0.25, -0.2) is 0 Å². The van der Waals surface area contributed by atoms with E-state index in [4.69, 9.17) is 0 Å². The lowest BCUT2D eigenvalue weighted by atomic mass is 10.1. The standard InChI is InChI=1S/C18H20N2O/c1-12-10-14(21)8-9-16(12)19-11-18-13(2)15-6-4-5-7-17(15)20(18)3/h4-10,19,21H,11H2,1-3H3. The van der Waals surface area contributed by atoms with Crippen LogP contribution in [-0.2, 0) is 13.6 Å². The first kappa shape index (κ1) is 13.6.